The maximum atomic E-state index is 13.1. The monoisotopic (exact) mass is 287 g/mol. The van der Waals surface area contributed by atoms with E-state index in [0.29, 0.717) is 10.5 Å². The zero-order valence-corrected chi connectivity index (χ0v) is 10.8. The van der Waals surface area contributed by atoms with Crippen LogP contribution in [-0.2, 0) is 11.3 Å². The van der Waals surface area contributed by atoms with Crippen LogP contribution in [0.5, 0.6) is 0 Å². The lowest BCUT2D eigenvalue weighted by Crippen LogP contribution is -2.42. The van der Waals surface area contributed by atoms with Crippen molar-refractivity contribution >= 4 is 15.9 Å². The normalized spacial score (nSPS) is 22.3. The lowest BCUT2D eigenvalue weighted by molar-refractivity contribution is -0.00438. The molecule has 1 atom stereocenters. The quantitative estimate of drug-likeness (QED) is 0.829. The molecular formula is C12H15BrFNO. The maximum Gasteiger partial charge on any atom is 0.137 e. The Bertz CT molecular complexity index is 372. The van der Waals surface area contributed by atoms with E-state index in [4.69, 9.17) is 4.74 Å². The van der Waals surface area contributed by atoms with Crippen LogP contribution in [0.1, 0.15) is 12.5 Å². The molecule has 2 nitrogen and oxygen atoms in total. The number of hydrogen-bond acceptors (Lipinski definition) is 2. The minimum absolute atomic E-state index is 0.209. The summed E-state index contributed by atoms with van der Waals surface area (Å²) in [5, 5.41) is 0. The molecule has 0 N–H and O–H groups in total. The third-order valence-corrected chi connectivity index (χ3v) is 3.48. The van der Waals surface area contributed by atoms with Crippen LogP contribution in [-0.4, -0.2) is 30.7 Å². The fourth-order valence-electron chi connectivity index (χ4n) is 1.87. The molecule has 1 aliphatic rings. The molecule has 0 aliphatic carbocycles. The fourth-order valence-corrected chi connectivity index (χ4v) is 2.30. The highest BCUT2D eigenvalue weighted by atomic mass is 79.9. The Morgan fingerprint density at radius 2 is 2.38 bits per heavy atom. The predicted octanol–water partition coefficient (Wildman–Crippen LogP) is 2.81. The number of nitrogens with zero attached hydrogens (tertiary/aromatic N) is 1. The van der Waals surface area contributed by atoms with Gasteiger partial charge in [0.15, 0.2) is 0 Å². The molecule has 1 saturated heterocycles. The zero-order valence-electron chi connectivity index (χ0n) is 9.25. The van der Waals surface area contributed by atoms with Crippen LogP contribution in [0.4, 0.5) is 4.39 Å². The summed E-state index contributed by atoms with van der Waals surface area (Å²) in [5.74, 6) is -0.209. The van der Waals surface area contributed by atoms with Gasteiger partial charge in [-0.15, -0.1) is 0 Å². The Labute approximate surface area is 104 Å². The summed E-state index contributed by atoms with van der Waals surface area (Å²) in [7, 11) is 0. The van der Waals surface area contributed by atoms with Crippen LogP contribution in [0, 0.1) is 5.82 Å². The van der Waals surface area contributed by atoms with Crippen molar-refractivity contribution in [3.8, 4) is 0 Å². The topological polar surface area (TPSA) is 12.5 Å². The van der Waals surface area contributed by atoms with Crippen molar-refractivity contribution in [3.05, 3.63) is 34.1 Å². The third kappa shape index (κ3) is 2.81. The highest BCUT2D eigenvalue weighted by Gasteiger charge is 2.18. The first-order chi connectivity index (χ1) is 7.66. The van der Waals surface area contributed by atoms with Crippen LogP contribution in [0.3, 0.4) is 0 Å². The number of halogens is 2. The van der Waals surface area contributed by atoms with E-state index in [1.54, 1.807) is 0 Å². The van der Waals surface area contributed by atoms with Crippen molar-refractivity contribution in [1.82, 2.24) is 4.90 Å². The SMILES string of the molecule is CC1COCCN1Cc1ccc(F)c(Br)c1. The van der Waals surface area contributed by atoms with Gasteiger partial charge >= 0.3 is 0 Å². The molecule has 1 aromatic rings. The average Bonchev–Trinajstić information content (AvgIpc) is 2.27. The van der Waals surface area contributed by atoms with Gasteiger partial charge in [0, 0.05) is 19.1 Å². The molecule has 1 heterocycles. The van der Waals surface area contributed by atoms with E-state index in [-0.39, 0.29) is 5.82 Å². The van der Waals surface area contributed by atoms with E-state index in [1.165, 1.54) is 6.07 Å². The molecule has 0 amide bonds. The van der Waals surface area contributed by atoms with E-state index in [1.807, 2.05) is 12.1 Å². The lowest BCUT2D eigenvalue weighted by Gasteiger charge is -2.33. The molecule has 16 heavy (non-hydrogen) atoms. The van der Waals surface area contributed by atoms with Crippen molar-refractivity contribution in [3.63, 3.8) is 0 Å². The van der Waals surface area contributed by atoms with Crippen molar-refractivity contribution in [2.24, 2.45) is 0 Å². The van der Waals surface area contributed by atoms with Crippen molar-refractivity contribution in [1.29, 1.82) is 0 Å². The van der Waals surface area contributed by atoms with Crippen molar-refractivity contribution in [2.45, 2.75) is 19.5 Å². The van der Waals surface area contributed by atoms with Crippen molar-refractivity contribution in [2.75, 3.05) is 19.8 Å². The van der Waals surface area contributed by atoms with E-state index in [0.717, 1.165) is 31.9 Å². The molecule has 0 bridgehead atoms. The van der Waals surface area contributed by atoms with E-state index < -0.39 is 0 Å². The standard InChI is InChI=1S/C12H15BrFNO/c1-9-8-16-5-4-15(9)7-10-2-3-12(14)11(13)6-10/h2-3,6,9H,4-5,7-8H2,1H3. The van der Waals surface area contributed by atoms with Gasteiger partial charge in [-0.05, 0) is 40.5 Å². The number of benzene rings is 1. The molecule has 2 rings (SSSR count). The average molecular weight is 288 g/mol. The van der Waals surface area contributed by atoms with Gasteiger partial charge in [-0.2, -0.15) is 0 Å². The minimum atomic E-state index is -0.209. The van der Waals surface area contributed by atoms with Gasteiger partial charge in [0.25, 0.3) is 0 Å². The summed E-state index contributed by atoms with van der Waals surface area (Å²) in [6, 6.07) is 5.61. The summed E-state index contributed by atoms with van der Waals surface area (Å²) in [4.78, 5) is 2.35. The Kier molecular flexibility index (Phi) is 3.95. The summed E-state index contributed by atoms with van der Waals surface area (Å²) in [5.41, 5.74) is 1.13. The van der Waals surface area contributed by atoms with Gasteiger partial charge in [0.2, 0.25) is 0 Å². The minimum Gasteiger partial charge on any atom is -0.379 e. The van der Waals surface area contributed by atoms with Gasteiger partial charge < -0.3 is 4.74 Å². The Morgan fingerprint density at radius 1 is 1.56 bits per heavy atom. The lowest BCUT2D eigenvalue weighted by atomic mass is 10.1. The molecule has 0 spiro atoms. The smallest absolute Gasteiger partial charge is 0.137 e. The molecular weight excluding hydrogens is 273 g/mol. The Hall–Kier alpha value is -0.450. The molecule has 0 radical (unpaired) electrons. The summed E-state index contributed by atoms with van der Waals surface area (Å²) in [6.07, 6.45) is 0. The van der Waals surface area contributed by atoms with Gasteiger partial charge in [-0.3, -0.25) is 4.90 Å². The number of hydrogen-bond donors (Lipinski definition) is 0. The molecule has 1 aromatic carbocycles. The van der Waals surface area contributed by atoms with Gasteiger partial charge in [-0.1, -0.05) is 6.07 Å². The second-order valence-corrected chi connectivity index (χ2v) is 5.00. The molecule has 1 aliphatic heterocycles. The molecule has 0 aromatic heterocycles. The number of morpholine rings is 1. The highest BCUT2D eigenvalue weighted by molar-refractivity contribution is 9.10. The van der Waals surface area contributed by atoms with Crippen LogP contribution in [0.2, 0.25) is 0 Å². The summed E-state index contributed by atoms with van der Waals surface area (Å²) in [6.45, 7) is 5.51. The Morgan fingerprint density at radius 3 is 3.06 bits per heavy atom. The third-order valence-electron chi connectivity index (χ3n) is 2.87. The predicted molar refractivity (Wildman–Crippen MR) is 64.8 cm³/mol. The zero-order chi connectivity index (χ0) is 11.5. The van der Waals surface area contributed by atoms with E-state index >= 15 is 0 Å². The van der Waals surface area contributed by atoms with E-state index in [2.05, 4.69) is 27.8 Å². The van der Waals surface area contributed by atoms with Gasteiger partial charge in [-0.25, -0.2) is 4.39 Å². The molecule has 1 unspecified atom stereocenters. The summed E-state index contributed by atoms with van der Waals surface area (Å²) < 4.78 is 19.0. The number of rotatable bonds is 2. The first-order valence-corrected chi connectivity index (χ1v) is 6.22. The molecule has 88 valence electrons. The second-order valence-electron chi connectivity index (χ2n) is 4.14. The van der Waals surface area contributed by atoms with Crippen LogP contribution < -0.4 is 0 Å². The molecule has 4 heteroatoms. The molecule has 1 fully saturated rings. The largest absolute Gasteiger partial charge is 0.379 e. The summed E-state index contributed by atoms with van der Waals surface area (Å²) >= 11 is 3.21. The van der Waals surface area contributed by atoms with Crippen LogP contribution in [0.25, 0.3) is 0 Å². The van der Waals surface area contributed by atoms with E-state index in [9.17, 15) is 4.39 Å². The maximum absolute atomic E-state index is 13.1. The van der Waals surface area contributed by atoms with Gasteiger partial charge in [0.1, 0.15) is 5.82 Å². The van der Waals surface area contributed by atoms with Crippen LogP contribution in [0.15, 0.2) is 22.7 Å². The first-order valence-electron chi connectivity index (χ1n) is 5.42. The number of ether oxygens (including phenoxy) is 1. The van der Waals surface area contributed by atoms with Crippen molar-refractivity contribution < 1.29 is 9.13 Å². The molecule has 0 saturated carbocycles. The highest BCUT2D eigenvalue weighted by Crippen LogP contribution is 2.19. The second kappa shape index (κ2) is 5.25. The Balaban J connectivity index is 2.05. The fraction of sp³-hybridized carbons (Fsp3) is 0.500. The van der Waals surface area contributed by atoms with Gasteiger partial charge in [0.05, 0.1) is 17.7 Å². The van der Waals surface area contributed by atoms with Crippen LogP contribution >= 0.6 is 15.9 Å². The first kappa shape index (κ1) is 12.0.